The van der Waals surface area contributed by atoms with E-state index in [4.69, 9.17) is 29.2 Å². The fourth-order valence-corrected chi connectivity index (χ4v) is 4.67. The molecular formula is C36H50N4O12. The Labute approximate surface area is 303 Å². The number of nitrogens with one attached hydrogen (secondary N) is 2. The molecule has 0 fully saturated rings. The second kappa shape index (κ2) is 22.8. The fourth-order valence-electron chi connectivity index (χ4n) is 4.67. The normalized spacial score (nSPS) is 11.0. The van der Waals surface area contributed by atoms with E-state index in [1.807, 2.05) is 6.07 Å². The van der Waals surface area contributed by atoms with Gasteiger partial charge in [0.15, 0.2) is 0 Å². The van der Waals surface area contributed by atoms with Gasteiger partial charge in [-0.2, -0.15) is 0 Å². The highest BCUT2D eigenvalue weighted by Gasteiger charge is 2.28. The molecule has 16 nitrogen and oxygen atoms in total. The number of aliphatic hydroxyl groups excluding tert-OH is 2. The lowest BCUT2D eigenvalue weighted by molar-refractivity contribution is -0.147. The van der Waals surface area contributed by atoms with Gasteiger partial charge in [-0.05, 0) is 49.2 Å². The third-order valence-corrected chi connectivity index (χ3v) is 7.57. The molecule has 0 bridgehead atoms. The smallest absolute Gasteiger partial charge is 0.331 e. The molecule has 16 heteroatoms. The van der Waals surface area contributed by atoms with E-state index in [1.54, 1.807) is 68.3 Å². The number of benzene rings is 2. The zero-order chi connectivity index (χ0) is 38.5. The highest BCUT2D eigenvalue weighted by Crippen LogP contribution is 2.17. The van der Waals surface area contributed by atoms with Crippen molar-refractivity contribution < 1.29 is 57.9 Å². The predicted octanol–water partition coefficient (Wildman–Crippen LogP) is 0.284. The van der Waals surface area contributed by atoms with Crippen LogP contribution in [0.25, 0.3) is 0 Å². The molecule has 0 saturated carbocycles. The quantitative estimate of drug-likeness (QED) is 0.0898. The summed E-state index contributed by atoms with van der Waals surface area (Å²) in [7, 11) is 1.54. The molecule has 2 aromatic rings. The van der Waals surface area contributed by atoms with Crippen LogP contribution in [-0.2, 0) is 51.2 Å². The van der Waals surface area contributed by atoms with Crippen LogP contribution in [0.4, 0.5) is 0 Å². The van der Waals surface area contributed by atoms with Gasteiger partial charge in [0, 0.05) is 51.3 Å². The van der Waals surface area contributed by atoms with Crippen LogP contribution >= 0.6 is 0 Å². The van der Waals surface area contributed by atoms with Gasteiger partial charge in [0.1, 0.15) is 26.4 Å². The SMILES string of the molecule is COCCN(CCOCC(C)(C)C(=O)NCc1cccc(C(=O)N(CCOC(=O)CO)CCOC(=O)CO)c1)C(=O)c1cccc(CNC(C)=O)c1. The molecule has 2 aromatic carbocycles. The average Bonchev–Trinajstić information content (AvgIpc) is 3.14. The van der Waals surface area contributed by atoms with Gasteiger partial charge in [-0.3, -0.25) is 19.2 Å². The Kier molecular flexibility index (Phi) is 19.0. The van der Waals surface area contributed by atoms with Crippen molar-refractivity contribution in [2.75, 3.05) is 79.5 Å². The van der Waals surface area contributed by atoms with Gasteiger partial charge in [0.25, 0.3) is 11.8 Å². The summed E-state index contributed by atoms with van der Waals surface area (Å²) in [4.78, 5) is 76.6. The molecule has 0 radical (unpaired) electrons. The van der Waals surface area contributed by atoms with Crippen molar-refractivity contribution >= 4 is 35.6 Å². The van der Waals surface area contributed by atoms with Crippen molar-refractivity contribution in [2.24, 2.45) is 5.41 Å². The van der Waals surface area contributed by atoms with Gasteiger partial charge in [-0.15, -0.1) is 0 Å². The maximum atomic E-state index is 13.3. The van der Waals surface area contributed by atoms with Crippen molar-refractivity contribution in [1.29, 1.82) is 0 Å². The van der Waals surface area contributed by atoms with Crippen molar-refractivity contribution in [1.82, 2.24) is 20.4 Å². The minimum Gasteiger partial charge on any atom is -0.462 e. The minimum atomic E-state index is -0.943. The highest BCUT2D eigenvalue weighted by molar-refractivity contribution is 5.95. The molecule has 4 N–H and O–H groups in total. The Balaban J connectivity index is 1.96. The first-order valence-electron chi connectivity index (χ1n) is 16.7. The van der Waals surface area contributed by atoms with Crippen LogP contribution in [0.15, 0.2) is 48.5 Å². The number of nitrogens with zero attached hydrogens (tertiary/aromatic N) is 2. The molecule has 52 heavy (non-hydrogen) atoms. The second-order valence-corrected chi connectivity index (χ2v) is 12.3. The van der Waals surface area contributed by atoms with E-state index in [0.29, 0.717) is 30.8 Å². The van der Waals surface area contributed by atoms with Crippen LogP contribution in [0.3, 0.4) is 0 Å². The van der Waals surface area contributed by atoms with Gasteiger partial charge in [0.05, 0.1) is 38.3 Å². The molecule has 286 valence electrons. The van der Waals surface area contributed by atoms with Crippen molar-refractivity contribution in [3.8, 4) is 0 Å². The molecule has 2 rings (SSSR count). The predicted molar refractivity (Wildman–Crippen MR) is 187 cm³/mol. The van der Waals surface area contributed by atoms with Crippen molar-refractivity contribution in [3.63, 3.8) is 0 Å². The lowest BCUT2D eigenvalue weighted by Gasteiger charge is -2.26. The van der Waals surface area contributed by atoms with E-state index in [2.05, 4.69) is 10.6 Å². The average molecular weight is 731 g/mol. The Hall–Kier alpha value is -4.90. The fraction of sp³-hybridized carbons (Fsp3) is 0.500. The first kappa shape index (κ1) is 43.3. The number of carbonyl (C=O) groups is 6. The summed E-state index contributed by atoms with van der Waals surface area (Å²) in [5.74, 6) is -2.87. The van der Waals surface area contributed by atoms with Crippen LogP contribution in [-0.4, -0.2) is 135 Å². The maximum absolute atomic E-state index is 13.3. The van der Waals surface area contributed by atoms with Gasteiger partial charge in [0.2, 0.25) is 11.8 Å². The summed E-state index contributed by atoms with van der Waals surface area (Å²) in [6.45, 7) is 4.25. The molecule has 0 unspecified atom stereocenters. The lowest BCUT2D eigenvalue weighted by Crippen LogP contribution is -2.41. The summed E-state index contributed by atoms with van der Waals surface area (Å²) in [6, 6.07) is 13.6. The summed E-state index contributed by atoms with van der Waals surface area (Å²) < 4.78 is 20.8. The van der Waals surface area contributed by atoms with Crippen molar-refractivity contribution in [2.45, 2.75) is 33.9 Å². The first-order valence-corrected chi connectivity index (χ1v) is 16.7. The topological polar surface area (TPSA) is 210 Å². The Morgan fingerprint density at radius 3 is 1.62 bits per heavy atom. The zero-order valence-corrected chi connectivity index (χ0v) is 30.2. The van der Waals surface area contributed by atoms with E-state index < -0.39 is 36.5 Å². The Morgan fingerprint density at radius 2 is 1.15 bits per heavy atom. The lowest BCUT2D eigenvalue weighted by atomic mass is 9.93. The summed E-state index contributed by atoms with van der Waals surface area (Å²) in [5.41, 5.74) is 1.20. The molecule has 0 spiro atoms. The minimum absolute atomic E-state index is 0.0537. The van der Waals surface area contributed by atoms with Crippen molar-refractivity contribution in [3.05, 3.63) is 70.8 Å². The number of esters is 2. The van der Waals surface area contributed by atoms with E-state index in [0.717, 1.165) is 5.56 Å². The molecule has 0 heterocycles. The molecule has 0 aliphatic rings. The molecule has 0 atom stereocenters. The number of methoxy groups -OCH3 is 1. The number of hydrogen-bond donors (Lipinski definition) is 4. The van der Waals surface area contributed by atoms with Gasteiger partial charge >= 0.3 is 11.9 Å². The van der Waals surface area contributed by atoms with Crippen LogP contribution < -0.4 is 10.6 Å². The number of ether oxygens (including phenoxy) is 4. The summed E-state index contributed by atoms with van der Waals surface area (Å²) >= 11 is 0. The van der Waals surface area contributed by atoms with Gasteiger partial charge in [-0.25, -0.2) is 9.59 Å². The highest BCUT2D eigenvalue weighted by atomic mass is 16.5. The van der Waals surface area contributed by atoms with Gasteiger partial charge < -0.3 is 49.6 Å². The zero-order valence-electron chi connectivity index (χ0n) is 30.2. The summed E-state index contributed by atoms with van der Waals surface area (Å²) in [5, 5.41) is 23.3. The van der Waals surface area contributed by atoms with E-state index in [9.17, 15) is 28.8 Å². The maximum Gasteiger partial charge on any atom is 0.331 e. The molecule has 0 aliphatic carbocycles. The monoisotopic (exact) mass is 730 g/mol. The van der Waals surface area contributed by atoms with Crippen LogP contribution in [0.1, 0.15) is 52.6 Å². The van der Waals surface area contributed by atoms with Crippen LogP contribution in [0, 0.1) is 5.41 Å². The van der Waals surface area contributed by atoms with E-state index in [-0.39, 0.29) is 75.9 Å². The van der Waals surface area contributed by atoms with E-state index in [1.165, 1.54) is 11.8 Å². The number of carbonyl (C=O) groups excluding carboxylic acids is 6. The molecule has 0 saturated heterocycles. The standard InChI is InChI=1S/C36H50N4O12/c1-26(43)37-21-27-7-5-9-29(19-27)33(46)39(11-15-49-4)12-16-50-25-36(2,3)35(48)38-22-28-8-6-10-30(20-28)34(47)40(13-17-51-31(44)23-41)14-18-52-32(45)24-42/h5-10,19-20,41-42H,11-18,21-25H2,1-4H3,(H,37,43)(H,38,48). The Morgan fingerprint density at radius 1 is 0.692 bits per heavy atom. The van der Waals surface area contributed by atoms with Crippen LogP contribution in [0.5, 0.6) is 0 Å². The molecule has 0 aromatic heterocycles. The number of amides is 4. The number of hydrogen-bond acceptors (Lipinski definition) is 12. The van der Waals surface area contributed by atoms with Gasteiger partial charge in [-0.1, -0.05) is 24.3 Å². The second-order valence-electron chi connectivity index (χ2n) is 12.3. The molecule has 0 aliphatic heterocycles. The largest absolute Gasteiger partial charge is 0.462 e. The molecular weight excluding hydrogens is 680 g/mol. The Bertz CT molecular complexity index is 1480. The third-order valence-electron chi connectivity index (χ3n) is 7.57. The van der Waals surface area contributed by atoms with E-state index >= 15 is 0 Å². The number of rotatable bonds is 23. The molecule has 4 amide bonds. The first-order chi connectivity index (χ1) is 24.8. The number of aliphatic hydroxyl groups is 2. The van der Waals surface area contributed by atoms with Crippen LogP contribution in [0.2, 0.25) is 0 Å². The third kappa shape index (κ3) is 15.6. The summed E-state index contributed by atoms with van der Waals surface area (Å²) in [6.07, 6.45) is 0.